The van der Waals surface area contributed by atoms with Gasteiger partial charge >= 0.3 is 0 Å². The molecule has 4 nitrogen and oxygen atoms in total. The van der Waals surface area contributed by atoms with Gasteiger partial charge in [-0.3, -0.25) is 4.99 Å². The lowest BCUT2D eigenvalue weighted by atomic mass is 9.97. The Labute approximate surface area is 123 Å². The van der Waals surface area contributed by atoms with Gasteiger partial charge < -0.3 is 15.4 Å². The van der Waals surface area contributed by atoms with Gasteiger partial charge in [-0.1, -0.05) is 11.6 Å². The SMILES string of the molecule is CN=C(NCCC1=CCCCC1)NCCC1CCCO1. The molecule has 0 bridgehead atoms. The standard InChI is InChI=1S/C16H29N3O/c1-17-16(19-12-10-15-8-5-13-20-15)18-11-9-14-6-3-2-4-7-14/h6,15H,2-5,7-13H2,1H3,(H2,17,18,19). The van der Waals surface area contributed by atoms with Crippen LogP contribution in [0.3, 0.4) is 0 Å². The van der Waals surface area contributed by atoms with Crippen molar-refractivity contribution >= 4 is 5.96 Å². The van der Waals surface area contributed by atoms with Gasteiger partial charge in [-0.25, -0.2) is 0 Å². The summed E-state index contributed by atoms with van der Waals surface area (Å²) >= 11 is 0. The fourth-order valence-corrected chi connectivity index (χ4v) is 2.92. The molecule has 1 saturated heterocycles. The summed E-state index contributed by atoms with van der Waals surface area (Å²) in [6.45, 7) is 2.85. The van der Waals surface area contributed by atoms with E-state index in [1.165, 1.54) is 38.5 Å². The van der Waals surface area contributed by atoms with Gasteiger partial charge in [-0.15, -0.1) is 0 Å². The molecule has 0 amide bonds. The summed E-state index contributed by atoms with van der Waals surface area (Å²) in [5, 5.41) is 6.77. The van der Waals surface area contributed by atoms with Crippen molar-refractivity contribution in [2.24, 2.45) is 4.99 Å². The fraction of sp³-hybridized carbons (Fsp3) is 0.812. The second kappa shape index (κ2) is 9.01. The van der Waals surface area contributed by atoms with Crippen LogP contribution >= 0.6 is 0 Å². The number of hydrogen-bond acceptors (Lipinski definition) is 2. The van der Waals surface area contributed by atoms with E-state index in [2.05, 4.69) is 21.7 Å². The first-order chi connectivity index (χ1) is 9.88. The monoisotopic (exact) mass is 279 g/mol. The third-order valence-electron chi connectivity index (χ3n) is 4.13. The Morgan fingerprint density at radius 2 is 2.20 bits per heavy atom. The highest BCUT2D eigenvalue weighted by molar-refractivity contribution is 5.79. The quantitative estimate of drug-likeness (QED) is 0.446. The van der Waals surface area contributed by atoms with Crippen LogP contribution in [0.2, 0.25) is 0 Å². The summed E-state index contributed by atoms with van der Waals surface area (Å²) in [5.74, 6) is 0.916. The molecule has 1 atom stereocenters. The number of nitrogens with one attached hydrogen (secondary N) is 2. The number of nitrogens with zero attached hydrogens (tertiary/aromatic N) is 1. The maximum Gasteiger partial charge on any atom is 0.190 e. The van der Waals surface area contributed by atoms with Crippen molar-refractivity contribution in [3.8, 4) is 0 Å². The Morgan fingerprint density at radius 3 is 2.90 bits per heavy atom. The van der Waals surface area contributed by atoms with Gasteiger partial charge in [-0.05, 0) is 51.4 Å². The number of aliphatic imine (C=N–C) groups is 1. The van der Waals surface area contributed by atoms with Crippen LogP contribution in [-0.4, -0.2) is 38.8 Å². The zero-order valence-corrected chi connectivity index (χ0v) is 12.8. The second-order valence-electron chi connectivity index (χ2n) is 5.71. The number of ether oxygens (including phenoxy) is 1. The molecule has 1 aliphatic heterocycles. The molecule has 2 aliphatic rings. The van der Waals surface area contributed by atoms with E-state index in [-0.39, 0.29) is 0 Å². The van der Waals surface area contributed by atoms with Gasteiger partial charge in [0, 0.05) is 26.7 Å². The van der Waals surface area contributed by atoms with Gasteiger partial charge in [-0.2, -0.15) is 0 Å². The lowest BCUT2D eigenvalue weighted by molar-refractivity contribution is 0.105. The van der Waals surface area contributed by atoms with E-state index in [0.717, 1.165) is 38.5 Å². The number of guanidine groups is 1. The molecule has 0 aromatic heterocycles. The molecule has 20 heavy (non-hydrogen) atoms. The number of rotatable bonds is 6. The van der Waals surface area contributed by atoms with Crippen LogP contribution in [0.15, 0.2) is 16.6 Å². The second-order valence-corrected chi connectivity index (χ2v) is 5.71. The molecule has 1 unspecified atom stereocenters. The molecule has 2 N–H and O–H groups in total. The lowest BCUT2D eigenvalue weighted by Gasteiger charge is -2.16. The molecule has 0 aromatic carbocycles. The summed E-state index contributed by atoms with van der Waals surface area (Å²) in [6, 6.07) is 0. The number of allylic oxidation sites excluding steroid dienone is 1. The zero-order valence-electron chi connectivity index (χ0n) is 12.8. The van der Waals surface area contributed by atoms with Gasteiger partial charge in [0.25, 0.3) is 0 Å². The molecule has 4 heteroatoms. The Morgan fingerprint density at radius 1 is 1.30 bits per heavy atom. The van der Waals surface area contributed by atoms with E-state index in [9.17, 15) is 0 Å². The highest BCUT2D eigenvalue weighted by atomic mass is 16.5. The minimum atomic E-state index is 0.452. The van der Waals surface area contributed by atoms with Crippen LogP contribution in [0.4, 0.5) is 0 Å². The van der Waals surface area contributed by atoms with Gasteiger partial charge in [0.1, 0.15) is 0 Å². The van der Waals surface area contributed by atoms with Gasteiger partial charge in [0.15, 0.2) is 5.96 Å². The lowest BCUT2D eigenvalue weighted by Crippen LogP contribution is -2.39. The van der Waals surface area contributed by atoms with Crippen LogP contribution in [0.1, 0.15) is 51.4 Å². The first kappa shape index (κ1) is 15.4. The van der Waals surface area contributed by atoms with Crippen molar-refractivity contribution < 1.29 is 4.74 Å². The normalized spacial score (nSPS) is 23.6. The van der Waals surface area contributed by atoms with E-state index in [1.807, 2.05) is 7.05 Å². The van der Waals surface area contributed by atoms with Crippen molar-refractivity contribution in [2.45, 2.75) is 57.5 Å². The fourth-order valence-electron chi connectivity index (χ4n) is 2.92. The molecular weight excluding hydrogens is 250 g/mol. The summed E-state index contributed by atoms with van der Waals surface area (Å²) in [4.78, 5) is 4.27. The first-order valence-electron chi connectivity index (χ1n) is 8.12. The van der Waals surface area contributed by atoms with E-state index in [0.29, 0.717) is 6.10 Å². The molecule has 114 valence electrons. The summed E-state index contributed by atoms with van der Waals surface area (Å²) in [5.41, 5.74) is 1.61. The molecule has 1 fully saturated rings. The molecule has 0 spiro atoms. The predicted molar refractivity (Wildman–Crippen MR) is 84.1 cm³/mol. The molecule has 0 saturated carbocycles. The predicted octanol–water partition coefficient (Wildman–Crippen LogP) is 2.61. The highest BCUT2D eigenvalue weighted by Crippen LogP contribution is 2.19. The Kier molecular flexibility index (Phi) is 6.92. The average molecular weight is 279 g/mol. The van der Waals surface area contributed by atoms with Crippen LogP contribution < -0.4 is 10.6 Å². The molecular formula is C16H29N3O. The van der Waals surface area contributed by atoms with E-state index in [1.54, 1.807) is 5.57 Å². The highest BCUT2D eigenvalue weighted by Gasteiger charge is 2.14. The van der Waals surface area contributed by atoms with Crippen molar-refractivity contribution in [3.05, 3.63) is 11.6 Å². The largest absolute Gasteiger partial charge is 0.378 e. The van der Waals surface area contributed by atoms with E-state index >= 15 is 0 Å². The van der Waals surface area contributed by atoms with Crippen molar-refractivity contribution in [2.75, 3.05) is 26.7 Å². The van der Waals surface area contributed by atoms with Gasteiger partial charge in [0.05, 0.1) is 6.10 Å². The van der Waals surface area contributed by atoms with Crippen molar-refractivity contribution in [1.82, 2.24) is 10.6 Å². The van der Waals surface area contributed by atoms with Crippen LogP contribution in [0.5, 0.6) is 0 Å². The average Bonchev–Trinajstić information content (AvgIpc) is 3.00. The molecule has 2 rings (SSSR count). The Balaban J connectivity index is 1.56. The van der Waals surface area contributed by atoms with E-state index in [4.69, 9.17) is 4.74 Å². The molecule has 1 heterocycles. The van der Waals surface area contributed by atoms with E-state index < -0.39 is 0 Å². The first-order valence-corrected chi connectivity index (χ1v) is 8.12. The molecule has 0 aromatic rings. The topological polar surface area (TPSA) is 45.7 Å². The maximum absolute atomic E-state index is 5.62. The smallest absolute Gasteiger partial charge is 0.190 e. The van der Waals surface area contributed by atoms with Gasteiger partial charge in [0.2, 0.25) is 0 Å². The molecule has 0 radical (unpaired) electrons. The third-order valence-corrected chi connectivity index (χ3v) is 4.13. The van der Waals surface area contributed by atoms with Crippen LogP contribution in [-0.2, 0) is 4.74 Å². The summed E-state index contributed by atoms with van der Waals surface area (Å²) in [6.07, 6.45) is 12.8. The van der Waals surface area contributed by atoms with Crippen molar-refractivity contribution in [1.29, 1.82) is 0 Å². The molecule has 1 aliphatic carbocycles. The van der Waals surface area contributed by atoms with Crippen LogP contribution in [0, 0.1) is 0 Å². The summed E-state index contributed by atoms with van der Waals surface area (Å²) < 4.78 is 5.62. The maximum atomic E-state index is 5.62. The van der Waals surface area contributed by atoms with Crippen molar-refractivity contribution in [3.63, 3.8) is 0 Å². The minimum Gasteiger partial charge on any atom is -0.378 e. The Bertz CT molecular complexity index is 333. The Hall–Kier alpha value is -1.03. The zero-order chi connectivity index (χ0) is 14.0. The van der Waals surface area contributed by atoms with Crippen LogP contribution in [0.25, 0.3) is 0 Å². The minimum absolute atomic E-state index is 0.452. The number of hydrogen-bond donors (Lipinski definition) is 2. The third kappa shape index (κ3) is 5.53. The summed E-state index contributed by atoms with van der Waals surface area (Å²) in [7, 11) is 1.83.